The van der Waals surface area contributed by atoms with Crippen molar-refractivity contribution in [1.82, 2.24) is 4.90 Å². The molecule has 1 amide bonds. The van der Waals surface area contributed by atoms with Gasteiger partial charge in [0.05, 0.1) is 24.4 Å². The highest BCUT2D eigenvalue weighted by Gasteiger charge is 2.38. The molecule has 3 aromatic carbocycles. The van der Waals surface area contributed by atoms with E-state index in [9.17, 15) is 18.4 Å². The minimum absolute atomic E-state index is 0.0187. The molecule has 0 spiro atoms. The number of para-hydroxylation sites is 1. The summed E-state index contributed by atoms with van der Waals surface area (Å²) in [6.07, 6.45) is 2.94. The predicted molar refractivity (Wildman–Crippen MR) is 188 cm³/mol. The molecule has 9 nitrogen and oxygen atoms in total. The van der Waals surface area contributed by atoms with Crippen molar-refractivity contribution in [3.05, 3.63) is 117 Å². The lowest BCUT2D eigenvalue weighted by molar-refractivity contribution is -0.377. The minimum atomic E-state index is -3.08. The number of hydrogen-bond acceptors (Lipinski definition) is 7. The number of alkyl halides is 2. The van der Waals surface area contributed by atoms with Crippen molar-refractivity contribution < 1.29 is 46.7 Å². The van der Waals surface area contributed by atoms with Crippen molar-refractivity contribution in [3.63, 3.8) is 0 Å². The smallest absolute Gasteiger partial charge is 0.415 e. The molecule has 52 heavy (non-hydrogen) atoms. The van der Waals surface area contributed by atoms with Crippen LogP contribution in [0.4, 0.5) is 23.7 Å². The van der Waals surface area contributed by atoms with Gasteiger partial charge in [0.15, 0.2) is 23.9 Å². The Morgan fingerprint density at radius 2 is 1.73 bits per heavy atom. The van der Waals surface area contributed by atoms with E-state index in [0.29, 0.717) is 23.2 Å². The molecule has 14 heteroatoms. The van der Waals surface area contributed by atoms with Crippen LogP contribution in [0.25, 0.3) is 0 Å². The zero-order valence-electron chi connectivity index (χ0n) is 28.2. The number of amides is 1. The van der Waals surface area contributed by atoms with Crippen molar-refractivity contribution >= 4 is 41.0 Å². The second-order valence-corrected chi connectivity index (χ2v) is 13.4. The van der Waals surface area contributed by atoms with Crippen molar-refractivity contribution in [2.75, 3.05) is 31.1 Å². The molecule has 3 aliphatic heterocycles. The quantitative estimate of drug-likeness (QED) is 0.127. The number of anilines is 1. The van der Waals surface area contributed by atoms with Crippen LogP contribution in [0.2, 0.25) is 10.0 Å². The van der Waals surface area contributed by atoms with Crippen LogP contribution in [-0.2, 0) is 22.4 Å². The standard InChI is InChI=1S/C38H36Cl2F3N3O6/c1-2-49-34-17-25(10-11-32(34)51-37(42)43)33(18-27-28(39)19-44-20-29(27)40)50-36(47)26-7-5-6-23(16-26)21-46(31-9-4-3-8-30(31)41)38(48)52-35-22-45-14-12-24(35)13-15-45/h3-11,16-17,19-20,24,33,35,37H,2,12-15,18,21-22H2,1H3/p+1/t33-,35-/m0/s1. The highest BCUT2D eigenvalue weighted by Crippen LogP contribution is 2.37. The van der Waals surface area contributed by atoms with E-state index >= 15 is 4.39 Å². The first-order chi connectivity index (χ1) is 25.1. The first-order valence-corrected chi connectivity index (χ1v) is 17.7. The lowest BCUT2D eigenvalue weighted by Crippen LogP contribution is -2.53. The number of hydrogen-bond donors (Lipinski definition) is 0. The fourth-order valence-corrected chi connectivity index (χ4v) is 7.14. The third kappa shape index (κ3) is 8.91. The molecular weight excluding hydrogens is 722 g/mol. The van der Waals surface area contributed by atoms with Gasteiger partial charge < -0.3 is 18.9 Å². The normalized spacial score (nSPS) is 18.5. The number of nitrogens with zero attached hydrogens (tertiary/aromatic N) is 2. The van der Waals surface area contributed by atoms with E-state index in [1.54, 1.807) is 37.3 Å². The summed E-state index contributed by atoms with van der Waals surface area (Å²) in [6, 6.07) is 16.6. The van der Waals surface area contributed by atoms with Gasteiger partial charge in [0.25, 0.3) is 0 Å². The number of carbonyl (C=O) groups is 2. The molecule has 2 atom stereocenters. The van der Waals surface area contributed by atoms with Gasteiger partial charge in [0.2, 0.25) is 0 Å². The van der Waals surface area contributed by atoms with Crippen LogP contribution in [0, 0.1) is 11.7 Å². The Morgan fingerprint density at radius 1 is 0.981 bits per heavy atom. The number of aromatic nitrogens is 1. The summed E-state index contributed by atoms with van der Waals surface area (Å²) in [4.78, 5) is 33.8. The maximum atomic E-state index is 15.1. The summed E-state index contributed by atoms with van der Waals surface area (Å²) in [6.45, 7) is 1.24. The lowest BCUT2D eigenvalue weighted by Gasteiger charge is -2.44. The summed E-state index contributed by atoms with van der Waals surface area (Å²) in [5.74, 6) is -1.24. The average Bonchev–Trinajstić information content (AvgIpc) is 3.13. The first-order valence-electron chi connectivity index (χ1n) is 16.9. The number of piperidine rings is 3. The number of pyridine rings is 1. The number of nitrogens with one attached hydrogen (secondary N) is 1. The van der Waals surface area contributed by atoms with Gasteiger partial charge in [0.1, 0.15) is 28.1 Å². The van der Waals surface area contributed by atoms with E-state index in [-0.39, 0.29) is 64.4 Å². The van der Waals surface area contributed by atoms with Crippen LogP contribution in [0.3, 0.4) is 0 Å². The minimum Gasteiger partial charge on any atom is -0.490 e. The van der Waals surface area contributed by atoms with Gasteiger partial charge in [-0.2, -0.15) is 8.78 Å². The number of rotatable bonds is 13. The molecule has 274 valence electrons. The second-order valence-electron chi connectivity index (χ2n) is 12.5. The predicted octanol–water partition coefficient (Wildman–Crippen LogP) is 8.32. The fourth-order valence-electron chi connectivity index (χ4n) is 6.60. The molecule has 0 radical (unpaired) electrons. The SMILES string of the molecule is CCOc1cc([C@H](Cc2c(Cl)c[nH+]cc2Cl)OC(=O)c2cccc(CN(C(=O)O[C@H]3CN4CCC3CC4)c3ccccc3F)c2)ccc1OC(F)F. The number of fused-ring (bicyclic) bond motifs is 3. The van der Waals surface area contributed by atoms with E-state index < -0.39 is 30.6 Å². The third-order valence-corrected chi connectivity index (χ3v) is 9.88. The Bertz CT molecular complexity index is 1870. The molecule has 3 fully saturated rings. The van der Waals surface area contributed by atoms with Crippen LogP contribution in [0.15, 0.2) is 79.1 Å². The lowest BCUT2D eigenvalue weighted by atomic mass is 9.86. The van der Waals surface area contributed by atoms with E-state index in [4.69, 9.17) is 37.4 Å². The largest absolute Gasteiger partial charge is 0.490 e. The second kappa shape index (κ2) is 16.9. The Balaban J connectivity index is 1.27. The Labute approximate surface area is 309 Å². The Hall–Kier alpha value is -4.52. The number of aromatic amines is 1. The molecule has 4 heterocycles. The molecule has 1 N–H and O–H groups in total. The number of benzene rings is 3. The van der Waals surface area contributed by atoms with E-state index in [1.165, 1.54) is 53.7 Å². The van der Waals surface area contributed by atoms with Crippen molar-refractivity contribution in [1.29, 1.82) is 0 Å². The van der Waals surface area contributed by atoms with Crippen molar-refractivity contribution in [2.24, 2.45) is 5.92 Å². The number of carbonyl (C=O) groups excluding carboxylic acids is 2. The van der Waals surface area contributed by atoms with Crippen molar-refractivity contribution in [2.45, 2.75) is 51.6 Å². The molecule has 0 unspecified atom stereocenters. The average molecular weight is 760 g/mol. The van der Waals surface area contributed by atoms with Gasteiger partial charge in [-0.05, 0) is 86.3 Å². The number of esters is 1. The third-order valence-electron chi connectivity index (χ3n) is 9.21. The zero-order chi connectivity index (χ0) is 36.8. The van der Waals surface area contributed by atoms with Gasteiger partial charge in [-0.15, -0.1) is 0 Å². The number of ether oxygens (including phenoxy) is 4. The summed E-state index contributed by atoms with van der Waals surface area (Å²) < 4.78 is 63.6. The van der Waals surface area contributed by atoms with Crippen LogP contribution < -0.4 is 19.4 Å². The van der Waals surface area contributed by atoms with Gasteiger partial charge in [-0.25, -0.2) is 19.0 Å². The van der Waals surface area contributed by atoms with Crippen molar-refractivity contribution in [3.8, 4) is 11.5 Å². The molecule has 2 bridgehead atoms. The van der Waals surface area contributed by atoms with Gasteiger partial charge in [-0.3, -0.25) is 9.80 Å². The topological polar surface area (TPSA) is 91.7 Å². The van der Waals surface area contributed by atoms with E-state index in [0.717, 1.165) is 25.9 Å². The highest BCUT2D eigenvalue weighted by molar-refractivity contribution is 6.35. The van der Waals surface area contributed by atoms with Gasteiger partial charge in [-0.1, -0.05) is 53.5 Å². The molecule has 1 aromatic heterocycles. The molecule has 3 aliphatic rings. The molecule has 0 saturated carbocycles. The Kier molecular flexibility index (Phi) is 12.1. The summed E-state index contributed by atoms with van der Waals surface area (Å²) in [5.41, 5.74) is 1.57. The van der Waals surface area contributed by atoms with E-state index in [1.807, 2.05) is 0 Å². The number of H-pyrrole nitrogens is 1. The fraction of sp³-hybridized carbons (Fsp3) is 0.342. The molecular formula is C38H37Cl2F3N3O6+. The maximum absolute atomic E-state index is 15.1. The molecule has 3 saturated heterocycles. The molecule has 0 aliphatic carbocycles. The van der Waals surface area contributed by atoms with Crippen LogP contribution in [-0.4, -0.2) is 55.9 Å². The maximum Gasteiger partial charge on any atom is 0.415 e. The zero-order valence-corrected chi connectivity index (χ0v) is 29.7. The van der Waals surface area contributed by atoms with Gasteiger partial charge in [0, 0.05) is 18.5 Å². The molecule has 4 aromatic rings. The van der Waals surface area contributed by atoms with Crippen LogP contribution >= 0.6 is 23.2 Å². The summed E-state index contributed by atoms with van der Waals surface area (Å²) in [7, 11) is 0. The first kappa shape index (κ1) is 37.2. The Morgan fingerprint density at radius 3 is 2.40 bits per heavy atom. The van der Waals surface area contributed by atoms with Gasteiger partial charge >= 0.3 is 18.7 Å². The number of halogens is 5. The van der Waals surface area contributed by atoms with Crippen LogP contribution in [0.5, 0.6) is 11.5 Å². The highest BCUT2D eigenvalue weighted by atomic mass is 35.5. The summed E-state index contributed by atoms with van der Waals surface area (Å²) in [5, 5.41) is 0.577. The molecule has 7 rings (SSSR count). The van der Waals surface area contributed by atoms with Crippen LogP contribution in [0.1, 0.15) is 52.9 Å². The van der Waals surface area contributed by atoms with E-state index in [2.05, 4.69) is 14.6 Å². The summed E-state index contributed by atoms with van der Waals surface area (Å²) >= 11 is 12.9. The monoisotopic (exact) mass is 758 g/mol.